The monoisotopic (exact) mass is 599 g/mol. The Morgan fingerprint density at radius 2 is 1.78 bits per heavy atom. The van der Waals surface area contributed by atoms with Crippen molar-refractivity contribution in [2.45, 2.75) is 28.5 Å². The Morgan fingerprint density at radius 3 is 2.44 bits per heavy atom. The van der Waals surface area contributed by atoms with Gasteiger partial charge in [0.05, 0.1) is 29.6 Å². The standard InChI is InChI=1S/C28H23Cl2N3O8/c1-31-25(37)27(29)12-19-16(22(28(27,30)26(31)38)17-7-6-15(41-2)11-20(17)34)8-9-18-21(19)24(36)32(23(18)35)13-4-3-5-14(10-13)33(39)40/h3-8,10-11,18-19,21-22,34H,9,12H2,1-2H3. The van der Waals surface area contributed by atoms with Crippen LogP contribution in [0.25, 0.3) is 0 Å². The third-order valence-corrected chi connectivity index (χ3v) is 10.3. The minimum absolute atomic E-state index is 0.0597. The van der Waals surface area contributed by atoms with Gasteiger partial charge in [0.25, 0.3) is 17.5 Å². The Hall–Kier alpha value is -3.96. The van der Waals surface area contributed by atoms with E-state index in [9.17, 15) is 34.4 Å². The molecule has 0 aromatic heterocycles. The molecule has 0 radical (unpaired) electrons. The van der Waals surface area contributed by atoms with Crippen LogP contribution in [0.4, 0.5) is 11.4 Å². The van der Waals surface area contributed by atoms with Crippen molar-refractivity contribution in [3.8, 4) is 11.5 Å². The molecule has 6 rings (SSSR count). The van der Waals surface area contributed by atoms with E-state index in [1.165, 1.54) is 44.5 Å². The molecule has 4 aliphatic rings. The zero-order chi connectivity index (χ0) is 29.6. The van der Waals surface area contributed by atoms with E-state index >= 15 is 0 Å². The normalized spacial score (nSPS) is 32.4. The van der Waals surface area contributed by atoms with Gasteiger partial charge in [-0.1, -0.05) is 23.8 Å². The number of likely N-dealkylation sites (tertiary alicyclic amines) is 1. The van der Waals surface area contributed by atoms with E-state index in [-0.39, 0.29) is 35.5 Å². The van der Waals surface area contributed by atoms with Crippen LogP contribution in [0.1, 0.15) is 24.3 Å². The smallest absolute Gasteiger partial charge is 0.271 e. The van der Waals surface area contributed by atoms with E-state index < -0.39 is 62.0 Å². The van der Waals surface area contributed by atoms with E-state index in [0.29, 0.717) is 11.3 Å². The number of carbonyl (C=O) groups excluding carboxylic acids is 4. The molecule has 41 heavy (non-hydrogen) atoms. The van der Waals surface area contributed by atoms with E-state index in [0.717, 1.165) is 15.9 Å². The summed E-state index contributed by atoms with van der Waals surface area (Å²) in [4.78, 5) is 63.2. The molecule has 0 spiro atoms. The summed E-state index contributed by atoms with van der Waals surface area (Å²) in [5, 5.41) is 22.4. The number of phenols is 1. The number of alkyl halides is 2. The van der Waals surface area contributed by atoms with Gasteiger partial charge in [-0.2, -0.15) is 0 Å². The van der Waals surface area contributed by atoms with E-state index in [4.69, 9.17) is 27.9 Å². The summed E-state index contributed by atoms with van der Waals surface area (Å²) in [7, 11) is 2.70. The highest BCUT2D eigenvalue weighted by molar-refractivity contribution is 6.53. The second-order valence-corrected chi connectivity index (χ2v) is 12.0. The summed E-state index contributed by atoms with van der Waals surface area (Å²) in [6, 6.07) is 9.68. The number of amides is 4. The number of methoxy groups -OCH3 is 1. The lowest BCUT2D eigenvalue weighted by molar-refractivity contribution is -0.384. The topological polar surface area (TPSA) is 147 Å². The van der Waals surface area contributed by atoms with Gasteiger partial charge in [-0.05, 0) is 30.9 Å². The number of phenolic OH excluding ortho intramolecular Hbond substituents is 1. The second-order valence-electron chi connectivity index (χ2n) is 10.7. The van der Waals surface area contributed by atoms with E-state index in [2.05, 4.69) is 0 Å². The summed E-state index contributed by atoms with van der Waals surface area (Å²) in [6.07, 6.45) is 1.63. The van der Waals surface area contributed by atoms with Gasteiger partial charge in [0.2, 0.25) is 11.8 Å². The number of fused-ring (bicyclic) bond motifs is 4. The molecule has 6 unspecified atom stereocenters. The Balaban J connectivity index is 1.51. The highest BCUT2D eigenvalue weighted by Crippen LogP contribution is 2.66. The summed E-state index contributed by atoms with van der Waals surface area (Å²) in [6.45, 7) is 0. The average Bonchev–Trinajstić information content (AvgIpc) is 3.28. The van der Waals surface area contributed by atoms with Crippen molar-refractivity contribution in [1.29, 1.82) is 0 Å². The lowest BCUT2D eigenvalue weighted by atomic mass is 9.56. The fraction of sp³-hybridized carbons (Fsp3) is 0.357. The zero-order valence-electron chi connectivity index (χ0n) is 21.7. The summed E-state index contributed by atoms with van der Waals surface area (Å²) < 4.78 is 5.20. The second kappa shape index (κ2) is 9.02. The quantitative estimate of drug-likeness (QED) is 0.184. The molecule has 2 aromatic carbocycles. The van der Waals surface area contributed by atoms with Crippen molar-refractivity contribution in [3.05, 3.63) is 69.8 Å². The Bertz CT molecular complexity index is 1610. The van der Waals surface area contributed by atoms with Gasteiger partial charge in [0.1, 0.15) is 11.5 Å². The first-order chi connectivity index (χ1) is 19.4. The number of halogens is 2. The van der Waals surface area contributed by atoms with Gasteiger partial charge in [-0.25, -0.2) is 4.90 Å². The number of allylic oxidation sites excluding steroid dienone is 2. The van der Waals surface area contributed by atoms with Crippen molar-refractivity contribution >= 4 is 58.2 Å². The third-order valence-electron chi connectivity index (χ3n) is 8.86. The maximum atomic E-state index is 14.0. The molecular weight excluding hydrogens is 577 g/mol. The number of rotatable bonds is 4. The minimum Gasteiger partial charge on any atom is -0.508 e. The van der Waals surface area contributed by atoms with Gasteiger partial charge < -0.3 is 9.84 Å². The molecule has 0 bridgehead atoms. The molecule has 212 valence electrons. The number of carbonyl (C=O) groups is 4. The Morgan fingerprint density at radius 1 is 1.05 bits per heavy atom. The van der Waals surface area contributed by atoms with Gasteiger partial charge in [-0.15, -0.1) is 23.2 Å². The van der Waals surface area contributed by atoms with Crippen LogP contribution in [0, 0.1) is 27.9 Å². The molecule has 2 saturated heterocycles. The number of nitro groups is 1. The van der Waals surface area contributed by atoms with Crippen molar-refractivity contribution < 1.29 is 33.9 Å². The van der Waals surface area contributed by atoms with Gasteiger partial charge in [0, 0.05) is 36.7 Å². The molecule has 2 aliphatic heterocycles. The van der Waals surface area contributed by atoms with E-state index in [1.807, 2.05) is 0 Å². The Labute approximate surface area is 243 Å². The van der Waals surface area contributed by atoms with Crippen LogP contribution in [-0.2, 0) is 19.2 Å². The first kappa shape index (κ1) is 27.2. The number of nitro benzene ring substituents is 1. The fourth-order valence-electron chi connectivity index (χ4n) is 6.98. The molecule has 1 saturated carbocycles. The molecular formula is C28H23Cl2N3O8. The highest BCUT2D eigenvalue weighted by atomic mass is 35.5. The van der Waals surface area contributed by atoms with Crippen LogP contribution in [-0.4, -0.2) is 62.5 Å². The van der Waals surface area contributed by atoms with Crippen molar-refractivity contribution in [1.82, 2.24) is 4.90 Å². The lowest BCUT2D eigenvalue weighted by Crippen LogP contribution is -2.60. The van der Waals surface area contributed by atoms with Gasteiger partial charge >= 0.3 is 0 Å². The predicted molar refractivity (Wildman–Crippen MR) is 146 cm³/mol. The van der Waals surface area contributed by atoms with Crippen molar-refractivity contribution in [2.75, 3.05) is 19.1 Å². The van der Waals surface area contributed by atoms with E-state index in [1.54, 1.807) is 12.1 Å². The average molecular weight is 600 g/mol. The molecule has 2 heterocycles. The largest absolute Gasteiger partial charge is 0.508 e. The number of hydrogen-bond acceptors (Lipinski definition) is 8. The minimum atomic E-state index is -2.03. The van der Waals surface area contributed by atoms with Gasteiger partial charge in [0.15, 0.2) is 9.75 Å². The number of ether oxygens (including phenoxy) is 1. The molecule has 1 N–H and O–H groups in total. The van der Waals surface area contributed by atoms with Crippen LogP contribution in [0.2, 0.25) is 0 Å². The third kappa shape index (κ3) is 3.45. The van der Waals surface area contributed by atoms with Crippen LogP contribution >= 0.6 is 23.2 Å². The maximum Gasteiger partial charge on any atom is 0.271 e. The Kier molecular flexibility index (Phi) is 5.99. The first-order valence-corrected chi connectivity index (χ1v) is 13.5. The number of anilines is 1. The highest BCUT2D eigenvalue weighted by Gasteiger charge is 2.76. The molecule has 11 nitrogen and oxygen atoms in total. The molecule has 13 heteroatoms. The fourth-order valence-corrected chi connectivity index (χ4v) is 8.00. The van der Waals surface area contributed by atoms with Crippen LogP contribution < -0.4 is 9.64 Å². The maximum absolute atomic E-state index is 14.0. The number of aromatic hydroxyl groups is 1. The summed E-state index contributed by atoms with van der Waals surface area (Å²) >= 11 is 14.2. The lowest BCUT2D eigenvalue weighted by Gasteiger charge is -2.50. The summed E-state index contributed by atoms with van der Waals surface area (Å²) in [5.41, 5.74) is 0.499. The molecule has 3 fully saturated rings. The van der Waals surface area contributed by atoms with Crippen LogP contribution in [0.5, 0.6) is 11.5 Å². The first-order valence-electron chi connectivity index (χ1n) is 12.8. The number of nitrogens with zero attached hydrogens (tertiary/aromatic N) is 3. The van der Waals surface area contributed by atoms with Crippen LogP contribution in [0.3, 0.4) is 0 Å². The number of imide groups is 2. The van der Waals surface area contributed by atoms with Gasteiger partial charge in [-0.3, -0.25) is 34.2 Å². The summed E-state index contributed by atoms with van der Waals surface area (Å²) in [5.74, 6) is -6.25. The molecule has 2 aliphatic carbocycles. The zero-order valence-corrected chi connectivity index (χ0v) is 23.3. The number of non-ortho nitro benzene ring substituents is 1. The molecule has 2 aromatic rings. The number of benzene rings is 2. The predicted octanol–water partition coefficient (Wildman–Crippen LogP) is 3.50. The SMILES string of the molecule is COc1ccc(C2C3=CCC4C(=O)N(c5cccc([N+](=O)[O-])c5)C(=O)C4C3CC3(Cl)C(=O)N(C)C(=O)C23Cl)c(O)c1. The van der Waals surface area contributed by atoms with Crippen molar-refractivity contribution in [3.63, 3.8) is 0 Å². The molecule has 4 amide bonds. The van der Waals surface area contributed by atoms with Crippen LogP contribution in [0.15, 0.2) is 54.1 Å². The van der Waals surface area contributed by atoms with Crippen molar-refractivity contribution in [2.24, 2.45) is 17.8 Å². The molecule has 6 atom stereocenters. The number of hydrogen-bond donors (Lipinski definition) is 1.